The minimum Gasteiger partial charge on any atom is -0.379 e. The zero-order valence-electron chi connectivity index (χ0n) is 14.1. The number of hydrogen-bond donors (Lipinski definition) is 1. The van der Waals surface area contributed by atoms with E-state index in [4.69, 9.17) is 14.2 Å². The van der Waals surface area contributed by atoms with Crippen molar-refractivity contribution in [2.24, 2.45) is 11.8 Å². The highest BCUT2D eigenvalue weighted by Gasteiger charge is 2.38. The lowest BCUT2D eigenvalue weighted by Gasteiger charge is -2.31. The van der Waals surface area contributed by atoms with Crippen LogP contribution in [0.5, 0.6) is 0 Å². The first-order chi connectivity index (χ1) is 9.42. The van der Waals surface area contributed by atoms with Gasteiger partial charge in [-0.3, -0.25) is 0 Å². The van der Waals surface area contributed by atoms with Crippen molar-refractivity contribution < 1.29 is 14.2 Å². The molecule has 0 spiro atoms. The normalized spacial score (nSPS) is 33.6. The molecule has 120 valence electrons. The summed E-state index contributed by atoms with van der Waals surface area (Å²) >= 11 is 0. The second-order valence-electron chi connectivity index (χ2n) is 6.59. The smallest absolute Gasteiger partial charge is 0.0955 e. The molecule has 0 radical (unpaired) electrons. The largest absolute Gasteiger partial charge is 0.379 e. The highest BCUT2D eigenvalue weighted by molar-refractivity contribution is 4.92. The van der Waals surface area contributed by atoms with E-state index in [1.54, 1.807) is 7.11 Å². The summed E-state index contributed by atoms with van der Waals surface area (Å²) in [7, 11) is 3.80. The molecule has 0 bridgehead atoms. The van der Waals surface area contributed by atoms with Gasteiger partial charge in [0.2, 0.25) is 0 Å². The Bertz CT molecular complexity index is 239. The van der Waals surface area contributed by atoms with E-state index < -0.39 is 0 Å². The van der Waals surface area contributed by atoms with E-state index in [2.05, 4.69) is 33.0 Å². The Kier molecular flexibility index (Phi) is 6.92. The van der Waals surface area contributed by atoms with Crippen molar-refractivity contribution in [2.45, 2.75) is 51.7 Å². The molecule has 0 aromatic rings. The summed E-state index contributed by atoms with van der Waals surface area (Å²) in [6.45, 7) is 12.3. The number of nitrogens with one attached hydrogen (secondary N) is 1. The lowest BCUT2D eigenvalue weighted by molar-refractivity contribution is -0.0511. The van der Waals surface area contributed by atoms with Crippen LogP contribution in [0.15, 0.2) is 0 Å². The molecule has 2 saturated heterocycles. The third kappa shape index (κ3) is 3.94. The van der Waals surface area contributed by atoms with Gasteiger partial charge in [0.25, 0.3) is 0 Å². The van der Waals surface area contributed by atoms with Gasteiger partial charge in [-0.25, -0.2) is 0 Å². The van der Waals surface area contributed by atoms with Crippen LogP contribution in [0.4, 0.5) is 0 Å². The molecule has 2 rings (SSSR count). The Balaban J connectivity index is 0.000000200. The van der Waals surface area contributed by atoms with Gasteiger partial charge >= 0.3 is 0 Å². The average Bonchev–Trinajstić information content (AvgIpc) is 3.10. The van der Waals surface area contributed by atoms with Crippen LogP contribution in [0.25, 0.3) is 0 Å². The minimum absolute atomic E-state index is 0.0139. The Hall–Kier alpha value is -0.160. The number of methoxy groups -OCH3 is 1. The summed E-state index contributed by atoms with van der Waals surface area (Å²) in [5.74, 6) is 1.22. The molecule has 2 heterocycles. The molecule has 0 aromatic heterocycles. The van der Waals surface area contributed by atoms with Crippen molar-refractivity contribution in [3.63, 3.8) is 0 Å². The maximum atomic E-state index is 5.44. The zero-order valence-corrected chi connectivity index (χ0v) is 14.1. The molecule has 0 aromatic carbocycles. The molecular weight excluding hydrogens is 254 g/mol. The molecule has 0 aliphatic carbocycles. The molecule has 2 fully saturated rings. The molecule has 2 aliphatic rings. The molecule has 2 unspecified atom stereocenters. The number of likely N-dealkylation sites (N-methyl/N-ethyl adjacent to an activating group) is 1. The van der Waals surface area contributed by atoms with Crippen LogP contribution in [0.3, 0.4) is 0 Å². The summed E-state index contributed by atoms with van der Waals surface area (Å²) in [5.41, 5.74) is 0.278. The maximum absolute atomic E-state index is 5.44. The summed E-state index contributed by atoms with van der Waals surface area (Å²) < 4.78 is 16.1. The first kappa shape index (κ1) is 17.9. The molecule has 20 heavy (non-hydrogen) atoms. The van der Waals surface area contributed by atoms with Crippen LogP contribution in [0.2, 0.25) is 0 Å². The van der Waals surface area contributed by atoms with E-state index in [1.807, 2.05) is 7.05 Å². The molecular formula is C16H33NO3. The molecule has 0 saturated carbocycles. The van der Waals surface area contributed by atoms with Crippen molar-refractivity contribution >= 4 is 0 Å². The fourth-order valence-corrected chi connectivity index (χ4v) is 2.94. The van der Waals surface area contributed by atoms with E-state index in [-0.39, 0.29) is 11.1 Å². The molecule has 2 aliphatic heterocycles. The fourth-order valence-electron chi connectivity index (χ4n) is 2.94. The third-order valence-corrected chi connectivity index (χ3v) is 5.13. The Morgan fingerprint density at radius 1 is 0.950 bits per heavy atom. The van der Waals surface area contributed by atoms with Crippen LogP contribution >= 0.6 is 0 Å². The maximum Gasteiger partial charge on any atom is 0.0955 e. The molecule has 0 amide bonds. The van der Waals surface area contributed by atoms with Gasteiger partial charge in [-0.2, -0.15) is 0 Å². The summed E-state index contributed by atoms with van der Waals surface area (Å²) in [6.07, 6.45) is 2.20. The van der Waals surface area contributed by atoms with Crippen molar-refractivity contribution in [3.8, 4) is 0 Å². The van der Waals surface area contributed by atoms with E-state index in [0.717, 1.165) is 39.3 Å². The summed E-state index contributed by atoms with van der Waals surface area (Å²) in [6, 6.07) is 0. The predicted octanol–water partition coefficient (Wildman–Crippen LogP) is 2.47. The van der Waals surface area contributed by atoms with Crippen LogP contribution in [0.1, 0.15) is 40.5 Å². The second kappa shape index (κ2) is 7.74. The lowest BCUT2D eigenvalue weighted by Crippen LogP contribution is -2.48. The number of rotatable bonds is 4. The van der Waals surface area contributed by atoms with Crippen LogP contribution in [0, 0.1) is 11.8 Å². The first-order valence-corrected chi connectivity index (χ1v) is 7.82. The van der Waals surface area contributed by atoms with Crippen molar-refractivity contribution in [2.75, 3.05) is 40.6 Å². The Labute approximate surface area is 124 Å². The number of hydrogen-bond acceptors (Lipinski definition) is 4. The second-order valence-corrected chi connectivity index (χ2v) is 6.59. The molecule has 2 atom stereocenters. The van der Waals surface area contributed by atoms with E-state index in [9.17, 15) is 0 Å². The quantitative estimate of drug-likeness (QED) is 0.862. The summed E-state index contributed by atoms with van der Waals surface area (Å²) in [4.78, 5) is 0. The van der Waals surface area contributed by atoms with Gasteiger partial charge in [0.15, 0.2) is 0 Å². The van der Waals surface area contributed by atoms with Gasteiger partial charge in [0.05, 0.1) is 18.8 Å². The SMILES string of the molecule is CNC1(C(C)C)CCOC1.COC1(C(C)C)CCOC1. The van der Waals surface area contributed by atoms with Crippen LogP contribution in [-0.2, 0) is 14.2 Å². The highest BCUT2D eigenvalue weighted by atomic mass is 16.5. The highest BCUT2D eigenvalue weighted by Crippen LogP contribution is 2.30. The van der Waals surface area contributed by atoms with Crippen molar-refractivity contribution in [3.05, 3.63) is 0 Å². The molecule has 1 N–H and O–H groups in total. The van der Waals surface area contributed by atoms with E-state index in [1.165, 1.54) is 0 Å². The van der Waals surface area contributed by atoms with Gasteiger partial charge in [-0.1, -0.05) is 27.7 Å². The fraction of sp³-hybridized carbons (Fsp3) is 1.00. The standard InChI is InChI=1S/C8H17NO.C8H16O2/c2*1-7(2)8(9-3)4-5-10-6-8/h7,9H,4-6H2,1-3H3;7H,4-6H2,1-3H3. The Morgan fingerprint density at radius 3 is 1.75 bits per heavy atom. The lowest BCUT2D eigenvalue weighted by atomic mass is 9.86. The Morgan fingerprint density at radius 2 is 1.55 bits per heavy atom. The van der Waals surface area contributed by atoms with E-state index in [0.29, 0.717) is 11.8 Å². The van der Waals surface area contributed by atoms with Crippen LogP contribution in [-0.4, -0.2) is 51.7 Å². The van der Waals surface area contributed by atoms with Crippen molar-refractivity contribution in [1.82, 2.24) is 5.32 Å². The van der Waals surface area contributed by atoms with Gasteiger partial charge in [0, 0.05) is 32.3 Å². The van der Waals surface area contributed by atoms with Gasteiger partial charge in [0.1, 0.15) is 0 Å². The molecule has 4 nitrogen and oxygen atoms in total. The van der Waals surface area contributed by atoms with Gasteiger partial charge in [-0.15, -0.1) is 0 Å². The van der Waals surface area contributed by atoms with Gasteiger partial charge in [-0.05, 0) is 25.3 Å². The zero-order chi connectivity index (χ0) is 15.2. The predicted molar refractivity (Wildman–Crippen MR) is 82.1 cm³/mol. The summed E-state index contributed by atoms with van der Waals surface area (Å²) in [5, 5.41) is 3.35. The first-order valence-electron chi connectivity index (χ1n) is 7.82. The monoisotopic (exact) mass is 287 g/mol. The van der Waals surface area contributed by atoms with E-state index >= 15 is 0 Å². The minimum atomic E-state index is 0.0139. The average molecular weight is 287 g/mol. The number of ether oxygens (including phenoxy) is 3. The third-order valence-electron chi connectivity index (χ3n) is 5.13. The molecule has 4 heteroatoms. The van der Waals surface area contributed by atoms with Crippen molar-refractivity contribution in [1.29, 1.82) is 0 Å². The van der Waals surface area contributed by atoms with Gasteiger partial charge < -0.3 is 19.5 Å². The van der Waals surface area contributed by atoms with Crippen LogP contribution < -0.4 is 5.32 Å². The topological polar surface area (TPSA) is 39.7 Å².